The van der Waals surface area contributed by atoms with Crippen molar-refractivity contribution in [1.29, 1.82) is 0 Å². The molecule has 2 heterocycles. The summed E-state index contributed by atoms with van der Waals surface area (Å²) in [4.78, 5) is 15.1. The number of nitrogens with one attached hydrogen (secondary N) is 2. The number of carbonyl (C=O) groups excluding carboxylic acids is 1. The molecule has 0 fully saturated rings. The van der Waals surface area contributed by atoms with Crippen molar-refractivity contribution < 1.29 is 9.21 Å². The topological polar surface area (TPSA) is 83.8 Å². The Morgan fingerprint density at radius 3 is 3.15 bits per heavy atom. The van der Waals surface area contributed by atoms with Gasteiger partial charge in [-0.3, -0.25) is 10.1 Å². The highest BCUT2D eigenvalue weighted by atomic mass is 16.3. The molecule has 0 bridgehead atoms. The predicted molar refractivity (Wildman–Crippen MR) is 43.0 cm³/mol. The van der Waals surface area contributed by atoms with E-state index in [1.165, 1.54) is 18.9 Å². The average molecular weight is 178 g/mol. The van der Waals surface area contributed by atoms with Crippen molar-refractivity contribution in [3.05, 3.63) is 30.5 Å². The highest BCUT2D eigenvalue weighted by Gasteiger charge is 2.07. The van der Waals surface area contributed by atoms with Crippen molar-refractivity contribution in [3.8, 4) is 0 Å². The molecule has 0 aromatic carbocycles. The standard InChI is InChI=1S/C7H6N4O2/c12-6(5-1-2-13-3-5)10-7-8-4-9-11-7/h1-4H,(H2,8,9,10,11,12). The van der Waals surface area contributed by atoms with Crippen LogP contribution in [0.1, 0.15) is 10.4 Å². The first-order valence-corrected chi connectivity index (χ1v) is 3.55. The molecular formula is C7H6N4O2. The fraction of sp³-hybridized carbons (Fsp3) is 0. The number of amides is 1. The number of rotatable bonds is 2. The van der Waals surface area contributed by atoms with Crippen molar-refractivity contribution in [1.82, 2.24) is 15.2 Å². The van der Waals surface area contributed by atoms with E-state index in [0.717, 1.165) is 0 Å². The van der Waals surface area contributed by atoms with Crippen molar-refractivity contribution in [2.45, 2.75) is 0 Å². The molecule has 13 heavy (non-hydrogen) atoms. The Morgan fingerprint density at radius 1 is 1.62 bits per heavy atom. The zero-order valence-electron chi connectivity index (χ0n) is 6.52. The van der Waals surface area contributed by atoms with E-state index in [2.05, 4.69) is 20.5 Å². The summed E-state index contributed by atoms with van der Waals surface area (Å²) < 4.78 is 4.75. The van der Waals surface area contributed by atoms with E-state index in [9.17, 15) is 4.79 Å². The van der Waals surface area contributed by atoms with Crippen LogP contribution in [0, 0.1) is 0 Å². The fourth-order valence-corrected chi connectivity index (χ4v) is 0.839. The molecule has 0 atom stereocenters. The van der Waals surface area contributed by atoms with Gasteiger partial charge < -0.3 is 4.42 Å². The number of hydrogen-bond acceptors (Lipinski definition) is 4. The van der Waals surface area contributed by atoms with Crippen LogP contribution in [0.25, 0.3) is 0 Å². The molecule has 0 aliphatic carbocycles. The number of hydrogen-bond donors (Lipinski definition) is 2. The first-order chi connectivity index (χ1) is 6.36. The number of nitrogens with zero attached hydrogens (tertiary/aromatic N) is 2. The van der Waals surface area contributed by atoms with Gasteiger partial charge in [0.25, 0.3) is 5.91 Å². The Hall–Kier alpha value is -2.11. The lowest BCUT2D eigenvalue weighted by Gasteiger charge is -1.95. The van der Waals surface area contributed by atoms with Crippen LogP contribution < -0.4 is 5.32 Å². The molecule has 0 radical (unpaired) electrons. The molecule has 1 amide bonds. The maximum atomic E-state index is 11.3. The molecule has 6 heteroatoms. The lowest BCUT2D eigenvalue weighted by Crippen LogP contribution is -2.11. The van der Waals surface area contributed by atoms with Crippen molar-refractivity contribution >= 4 is 11.9 Å². The first-order valence-electron chi connectivity index (χ1n) is 3.55. The van der Waals surface area contributed by atoms with Crippen LogP contribution in [-0.4, -0.2) is 21.1 Å². The summed E-state index contributed by atoms with van der Waals surface area (Å²) in [5, 5.41) is 8.58. The van der Waals surface area contributed by atoms with Crippen LogP contribution in [0.5, 0.6) is 0 Å². The van der Waals surface area contributed by atoms with Crippen LogP contribution in [0.3, 0.4) is 0 Å². The number of H-pyrrole nitrogens is 1. The molecule has 2 rings (SSSR count). The number of carbonyl (C=O) groups is 1. The van der Waals surface area contributed by atoms with E-state index >= 15 is 0 Å². The second kappa shape index (κ2) is 3.10. The van der Waals surface area contributed by atoms with Gasteiger partial charge in [0, 0.05) is 0 Å². The van der Waals surface area contributed by atoms with E-state index in [1.54, 1.807) is 6.07 Å². The average Bonchev–Trinajstić information content (AvgIpc) is 2.74. The zero-order chi connectivity index (χ0) is 9.10. The second-order valence-corrected chi connectivity index (χ2v) is 2.30. The maximum absolute atomic E-state index is 11.3. The third-order valence-corrected chi connectivity index (χ3v) is 1.43. The molecule has 0 unspecified atom stereocenters. The largest absolute Gasteiger partial charge is 0.472 e. The molecule has 6 nitrogen and oxygen atoms in total. The summed E-state index contributed by atoms with van der Waals surface area (Å²) in [6, 6.07) is 1.56. The van der Waals surface area contributed by atoms with E-state index < -0.39 is 0 Å². The third kappa shape index (κ3) is 1.56. The van der Waals surface area contributed by atoms with Gasteiger partial charge in [-0.2, -0.15) is 10.1 Å². The molecule has 0 spiro atoms. The monoisotopic (exact) mass is 178 g/mol. The molecule has 66 valence electrons. The van der Waals surface area contributed by atoms with Gasteiger partial charge in [-0.25, -0.2) is 5.10 Å². The molecule has 2 aromatic rings. The number of anilines is 1. The molecule has 0 aliphatic heterocycles. The van der Waals surface area contributed by atoms with Gasteiger partial charge in [-0.15, -0.1) is 0 Å². The Labute approximate surface area is 73.0 Å². The summed E-state index contributed by atoms with van der Waals surface area (Å²) in [6.07, 6.45) is 4.09. The molecule has 0 saturated heterocycles. The van der Waals surface area contributed by atoms with Gasteiger partial charge >= 0.3 is 0 Å². The van der Waals surface area contributed by atoms with Gasteiger partial charge in [-0.05, 0) is 6.07 Å². The molecule has 2 aromatic heterocycles. The smallest absolute Gasteiger partial charge is 0.261 e. The molecule has 0 aliphatic rings. The van der Waals surface area contributed by atoms with Crippen molar-refractivity contribution in [3.63, 3.8) is 0 Å². The SMILES string of the molecule is O=C(Nc1ncn[nH]1)c1ccoc1. The summed E-state index contributed by atoms with van der Waals surface area (Å²) in [6.45, 7) is 0. The van der Waals surface area contributed by atoms with Crippen molar-refractivity contribution in [2.24, 2.45) is 0 Å². The lowest BCUT2D eigenvalue weighted by atomic mass is 10.3. The van der Waals surface area contributed by atoms with Crippen LogP contribution >= 0.6 is 0 Å². The summed E-state index contributed by atoms with van der Waals surface area (Å²) >= 11 is 0. The van der Waals surface area contributed by atoms with Crippen LogP contribution in [-0.2, 0) is 0 Å². The number of aromatic nitrogens is 3. The normalized spacial score (nSPS) is 9.85. The predicted octanol–water partition coefficient (Wildman–Crippen LogP) is 0.650. The first kappa shape index (κ1) is 7.53. The van der Waals surface area contributed by atoms with E-state index in [0.29, 0.717) is 11.5 Å². The summed E-state index contributed by atoms with van der Waals surface area (Å²) in [5.41, 5.74) is 0.441. The van der Waals surface area contributed by atoms with Gasteiger partial charge in [0.2, 0.25) is 5.95 Å². The zero-order valence-corrected chi connectivity index (χ0v) is 6.52. The Morgan fingerprint density at radius 2 is 2.54 bits per heavy atom. The highest BCUT2D eigenvalue weighted by Crippen LogP contribution is 2.02. The maximum Gasteiger partial charge on any atom is 0.261 e. The van der Waals surface area contributed by atoms with Crippen LogP contribution in [0.4, 0.5) is 5.95 Å². The molecule has 0 saturated carbocycles. The lowest BCUT2D eigenvalue weighted by molar-refractivity contribution is 0.102. The Kier molecular flexibility index (Phi) is 1.79. The number of aromatic amines is 1. The van der Waals surface area contributed by atoms with Crippen LogP contribution in [0.15, 0.2) is 29.3 Å². The minimum atomic E-state index is -0.287. The van der Waals surface area contributed by atoms with Gasteiger partial charge in [-0.1, -0.05) is 0 Å². The Balaban J connectivity index is 2.08. The van der Waals surface area contributed by atoms with Crippen LogP contribution in [0.2, 0.25) is 0 Å². The summed E-state index contributed by atoms with van der Waals surface area (Å²) in [5.74, 6) is 0.0247. The van der Waals surface area contributed by atoms with E-state index in [4.69, 9.17) is 4.42 Å². The van der Waals surface area contributed by atoms with E-state index in [-0.39, 0.29) is 5.91 Å². The number of furan rings is 1. The molecular weight excluding hydrogens is 172 g/mol. The fourth-order valence-electron chi connectivity index (χ4n) is 0.839. The van der Waals surface area contributed by atoms with Crippen molar-refractivity contribution in [2.75, 3.05) is 5.32 Å². The summed E-state index contributed by atoms with van der Waals surface area (Å²) in [7, 11) is 0. The van der Waals surface area contributed by atoms with E-state index in [1.807, 2.05) is 0 Å². The molecule has 2 N–H and O–H groups in total. The van der Waals surface area contributed by atoms with Gasteiger partial charge in [0.15, 0.2) is 0 Å². The quantitative estimate of drug-likeness (QED) is 0.707. The second-order valence-electron chi connectivity index (χ2n) is 2.30. The third-order valence-electron chi connectivity index (χ3n) is 1.43. The Bertz CT molecular complexity index is 379. The minimum Gasteiger partial charge on any atom is -0.472 e. The van der Waals surface area contributed by atoms with Gasteiger partial charge in [0.05, 0.1) is 11.8 Å². The van der Waals surface area contributed by atoms with Gasteiger partial charge in [0.1, 0.15) is 12.6 Å². The minimum absolute atomic E-state index is 0.287. The highest BCUT2D eigenvalue weighted by molar-refractivity contribution is 6.02.